The van der Waals surface area contributed by atoms with Gasteiger partial charge in [-0.05, 0) is 37.1 Å². The largest absolute Gasteiger partial charge is 0.479 e. The highest BCUT2D eigenvalue weighted by atomic mass is 19.1. The van der Waals surface area contributed by atoms with Crippen LogP contribution in [-0.4, -0.2) is 30.1 Å². The van der Waals surface area contributed by atoms with Crippen molar-refractivity contribution in [3.8, 4) is 5.75 Å². The summed E-state index contributed by atoms with van der Waals surface area (Å²) < 4.78 is 23.2. The maximum Gasteiger partial charge on any atom is 0.347 e. The number of rotatable bonds is 6. The maximum absolute atomic E-state index is 12.8. The van der Waals surface area contributed by atoms with Crippen molar-refractivity contribution < 1.29 is 28.2 Å². The molecule has 3 amide bonds. The molecule has 0 radical (unpaired) electrons. The Kier molecular flexibility index (Phi) is 6.49. The van der Waals surface area contributed by atoms with E-state index in [1.807, 2.05) is 5.32 Å². The van der Waals surface area contributed by atoms with E-state index in [1.165, 1.54) is 31.2 Å². The van der Waals surface area contributed by atoms with Crippen LogP contribution in [0.2, 0.25) is 0 Å². The van der Waals surface area contributed by atoms with Crippen molar-refractivity contribution in [2.75, 3.05) is 0 Å². The van der Waals surface area contributed by atoms with E-state index in [1.54, 1.807) is 13.8 Å². The molecule has 2 atom stereocenters. The van der Waals surface area contributed by atoms with Gasteiger partial charge in [-0.3, -0.25) is 10.1 Å². The molecule has 7 nitrogen and oxygen atoms in total. The summed E-state index contributed by atoms with van der Waals surface area (Å²) in [6.07, 6.45) is -2.21. The minimum Gasteiger partial charge on any atom is -0.479 e. The van der Waals surface area contributed by atoms with E-state index >= 15 is 0 Å². The third kappa shape index (κ3) is 5.93. The number of carbonyl (C=O) groups excluding carboxylic acids is 3. The molecule has 8 heteroatoms. The molecule has 0 aliphatic heterocycles. The molecular weight excluding hydrogens is 307 g/mol. The second-order valence-electron chi connectivity index (χ2n) is 5.17. The topological polar surface area (TPSA) is 108 Å². The maximum atomic E-state index is 12.8. The highest BCUT2D eigenvalue weighted by Crippen LogP contribution is 2.15. The predicted octanol–water partition coefficient (Wildman–Crippen LogP) is 1.36. The Labute approximate surface area is 132 Å². The highest BCUT2D eigenvalue weighted by Gasteiger charge is 2.30. The van der Waals surface area contributed by atoms with Gasteiger partial charge in [0.15, 0.2) is 12.2 Å². The van der Waals surface area contributed by atoms with Crippen LogP contribution < -0.4 is 15.8 Å². The van der Waals surface area contributed by atoms with Crippen LogP contribution in [0.25, 0.3) is 0 Å². The van der Waals surface area contributed by atoms with E-state index in [-0.39, 0.29) is 11.7 Å². The lowest BCUT2D eigenvalue weighted by atomic mass is 10.1. The molecule has 0 bridgehead atoms. The van der Waals surface area contributed by atoms with Crippen LogP contribution in [0.5, 0.6) is 5.75 Å². The number of urea groups is 1. The van der Waals surface area contributed by atoms with Gasteiger partial charge in [-0.2, -0.15) is 0 Å². The Bertz CT molecular complexity index is 574. The number of imide groups is 1. The molecule has 1 rings (SSSR count). The van der Waals surface area contributed by atoms with E-state index in [2.05, 4.69) is 0 Å². The van der Waals surface area contributed by atoms with Crippen LogP contribution in [0.1, 0.15) is 20.8 Å². The Hall–Kier alpha value is -2.64. The number of halogens is 1. The minimum absolute atomic E-state index is 0.276. The zero-order chi connectivity index (χ0) is 17.6. The Morgan fingerprint density at radius 3 is 2.17 bits per heavy atom. The number of hydrogen-bond acceptors (Lipinski definition) is 5. The van der Waals surface area contributed by atoms with Crippen molar-refractivity contribution in [3.05, 3.63) is 30.1 Å². The molecule has 0 aliphatic rings. The molecule has 0 spiro atoms. The van der Waals surface area contributed by atoms with Gasteiger partial charge in [0.25, 0.3) is 5.91 Å². The Morgan fingerprint density at radius 2 is 1.70 bits per heavy atom. The van der Waals surface area contributed by atoms with E-state index in [4.69, 9.17) is 15.2 Å². The van der Waals surface area contributed by atoms with Crippen LogP contribution >= 0.6 is 0 Å². The first-order chi connectivity index (χ1) is 10.7. The highest BCUT2D eigenvalue weighted by molar-refractivity contribution is 5.96. The molecule has 0 saturated heterocycles. The van der Waals surface area contributed by atoms with Crippen molar-refractivity contribution in [2.45, 2.75) is 33.0 Å². The SMILES string of the molecule is CC(C)[C@@H](OC(=O)[C@@H](C)Oc1ccc(F)cc1)C(=O)NC(N)=O. The van der Waals surface area contributed by atoms with E-state index in [0.717, 1.165) is 0 Å². The summed E-state index contributed by atoms with van der Waals surface area (Å²) >= 11 is 0. The molecule has 0 fully saturated rings. The molecule has 1 aromatic rings. The van der Waals surface area contributed by atoms with Gasteiger partial charge >= 0.3 is 12.0 Å². The predicted molar refractivity (Wildman–Crippen MR) is 78.9 cm³/mol. The van der Waals surface area contributed by atoms with Crippen molar-refractivity contribution in [1.29, 1.82) is 0 Å². The second-order valence-corrected chi connectivity index (χ2v) is 5.17. The molecule has 0 saturated carbocycles. The smallest absolute Gasteiger partial charge is 0.347 e. The number of nitrogens with one attached hydrogen (secondary N) is 1. The van der Waals surface area contributed by atoms with E-state index in [9.17, 15) is 18.8 Å². The van der Waals surface area contributed by atoms with E-state index < -0.39 is 35.9 Å². The molecule has 0 aliphatic carbocycles. The van der Waals surface area contributed by atoms with Crippen molar-refractivity contribution in [1.82, 2.24) is 5.32 Å². The second kappa shape index (κ2) is 8.11. The minimum atomic E-state index is -1.19. The number of hydrogen-bond donors (Lipinski definition) is 2. The number of ether oxygens (including phenoxy) is 2. The molecular formula is C15H19FN2O5. The first-order valence-corrected chi connectivity index (χ1v) is 6.93. The van der Waals surface area contributed by atoms with Crippen LogP contribution in [0.3, 0.4) is 0 Å². The number of nitrogens with two attached hydrogens (primary N) is 1. The van der Waals surface area contributed by atoms with E-state index in [0.29, 0.717) is 0 Å². The summed E-state index contributed by atoms with van der Waals surface area (Å²) in [5.41, 5.74) is 4.87. The zero-order valence-corrected chi connectivity index (χ0v) is 13.0. The summed E-state index contributed by atoms with van der Waals surface area (Å²) in [4.78, 5) is 34.5. The molecule has 0 aromatic heterocycles. The number of primary amides is 1. The summed E-state index contributed by atoms with van der Waals surface area (Å²) in [6, 6.07) is 4.06. The monoisotopic (exact) mass is 326 g/mol. The zero-order valence-electron chi connectivity index (χ0n) is 13.0. The van der Waals surface area contributed by atoms with Crippen molar-refractivity contribution in [3.63, 3.8) is 0 Å². The molecule has 0 unspecified atom stereocenters. The van der Waals surface area contributed by atoms with Gasteiger partial charge in [-0.15, -0.1) is 0 Å². The van der Waals surface area contributed by atoms with Gasteiger partial charge in [0.2, 0.25) is 0 Å². The van der Waals surface area contributed by atoms with Crippen LogP contribution in [0, 0.1) is 11.7 Å². The fraction of sp³-hybridized carbons (Fsp3) is 0.400. The van der Waals surface area contributed by atoms with Crippen molar-refractivity contribution in [2.24, 2.45) is 11.7 Å². The normalized spacial score (nSPS) is 13.1. The third-order valence-corrected chi connectivity index (χ3v) is 2.81. The Morgan fingerprint density at radius 1 is 1.13 bits per heavy atom. The summed E-state index contributed by atoms with van der Waals surface area (Å²) in [5.74, 6) is -2.15. The average Bonchev–Trinajstić information content (AvgIpc) is 2.45. The van der Waals surface area contributed by atoms with Gasteiger partial charge in [-0.25, -0.2) is 14.0 Å². The lowest BCUT2D eigenvalue weighted by molar-refractivity contribution is -0.164. The molecule has 126 valence electrons. The first kappa shape index (κ1) is 18.4. The van der Waals surface area contributed by atoms with Gasteiger partial charge in [0.1, 0.15) is 11.6 Å². The van der Waals surface area contributed by atoms with Gasteiger partial charge < -0.3 is 15.2 Å². The quantitative estimate of drug-likeness (QED) is 0.767. The van der Waals surface area contributed by atoms with Gasteiger partial charge in [0, 0.05) is 0 Å². The van der Waals surface area contributed by atoms with Crippen LogP contribution in [0.15, 0.2) is 24.3 Å². The summed E-state index contributed by atoms with van der Waals surface area (Å²) in [6.45, 7) is 4.71. The fourth-order valence-electron chi connectivity index (χ4n) is 1.67. The van der Waals surface area contributed by atoms with Crippen LogP contribution in [-0.2, 0) is 14.3 Å². The molecule has 0 heterocycles. The standard InChI is InChI=1S/C15H19FN2O5/c1-8(2)12(13(19)18-15(17)21)23-14(20)9(3)22-11-6-4-10(16)5-7-11/h4-9,12H,1-3H3,(H3,17,18,19,21)/t9-,12-/m1/s1. The third-order valence-electron chi connectivity index (χ3n) is 2.81. The average molecular weight is 326 g/mol. The number of amides is 3. The fourth-order valence-corrected chi connectivity index (χ4v) is 1.67. The number of benzene rings is 1. The lowest BCUT2D eigenvalue weighted by Crippen LogP contribution is -2.46. The van der Waals surface area contributed by atoms with Crippen LogP contribution in [0.4, 0.5) is 9.18 Å². The molecule has 3 N–H and O–H groups in total. The first-order valence-electron chi connectivity index (χ1n) is 6.93. The molecule has 23 heavy (non-hydrogen) atoms. The van der Waals surface area contributed by atoms with Crippen molar-refractivity contribution >= 4 is 17.9 Å². The van der Waals surface area contributed by atoms with Gasteiger partial charge in [-0.1, -0.05) is 13.8 Å². The molecule has 1 aromatic carbocycles. The number of carbonyl (C=O) groups is 3. The summed E-state index contributed by atoms with van der Waals surface area (Å²) in [5, 5.41) is 1.86. The van der Waals surface area contributed by atoms with Gasteiger partial charge in [0.05, 0.1) is 0 Å². The Balaban J connectivity index is 2.68. The summed E-state index contributed by atoms with van der Waals surface area (Å²) in [7, 11) is 0. The number of esters is 1. The lowest BCUT2D eigenvalue weighted by Gasteiger charge is -2.22.